The zero-order valence-corrected chi connectivity index (χ0v) is 18.1. The van der Waals surface area contributed by atoms with Gasteiger partial charge in [0.1, 0.15) is 0 Å². The van der Waals surface area contributed by atoms with Gasteiger partial charge in [-0.05, 0) is 59.3 Å². The molecule has 0 aromatic rings. The Morgan fingerprint density at radius 3 is 1.44 bits per heavy atom. The van der Waals surface area contributed by atoms with E-state index in [-0.39, 0.29) is 23.0 Å². The normalized spacial score (nSPS) is 27.5. The van der Waals surface area contributed by atoms with Crippen LogP contribution in [0.25, 0.3) is 0 Å². The minimum absolute atomic E-state index is 0.195. The third-order valence-corrected chi connectivity index (χ3v) is 5.38. The van der Waals surface area contributed by atoms with Crippen LogP contribution < -0.4 is 0 Å². The van der Waals surface area contributed by atoms with E-state index in [1.807, 2.05) is 0 Å². The molecule has 0 aliphatic heterocycles. The molecule has 0 saturated heterocycles. The highest BCUT2D eigenvalue weighted by Crippen LogP contribution is 2.46. The smallest absolute Gasteiger partial charge is 0.228 e. The van der Waals surface area contributed by atoms with E-state index in [1.54, 1.807) is 0 Å². The van der Waals surface area contributed by atoms with Crippen LogP contribution >= 0.6 is 0 Å². The first-order valence-corrected chi connectivity index (χ1v) is 10.2. The van der Waals surface area contributed by atoms with Crippen LogP contribution in [0.4, 0.5) is 0 Å². The van der Waals surface area contributed by atoms with Crippen LogP contribution in [0, 0.1) is 17.8 Å². The quantitative estimate of drug-likeness (QED) is 0.256. The molecule has 1 aliphatic rings. The topological polar surface area (TPSA) is 36.9 Å². The summed E-state index contributed by atoms with van der Waals surface area (Å²) in [7, 11) is 0. The van der Waals surface area contributed by atoms with Crippen molar-refractivity contribution in [2.45, 2.75) is 118 Å². The molecule has 4 nitrogen and oxygen atoms in total. The van der Waals surface area contributed by atoms with Crippen LogP contribution in [0.2, 0.25) is 0 Å². The van der Waals surface area contributed by atoms with Crippen molar-refractivity contribution in [3.8, 4) is 0 Å². The molecule has 2 atom stereocenters. The van der Waals surface area contributed by atoms with Crippen molar-refractivity contribution >= 4 is 0 Å². The van der Waals surface area contributed by atoms with E-state index in [0.29, 0.717) is 5.92 Å². The first-order valence-electron chi connectivity index (χ1n) is 10.2. The fourth-order valence-electron chi connectivity index (χ4n) is 4.10. The van der Waals surface area contributed by atoms with Crippen LogP contribution in [-0.4, -0.2) is 17.0 Å². The third-order valence-electron chi connectivity index (χ3n) is 5.38. The summed E-state index contributed by atoms with van der Waals surface area (Å²) in [5, 5.41) is 0. The van der Waals surface area contributed by atoms with Gasteiger partial charge in [0.05, 0.1) is 11.2 Å². The van der Waals surface area contributed by atoms with E-state index < -0.39 is 5.79 Å². The van der Waals surface area contributed by atoms with Crippen molar-refractivity contribution in [1.29, 1.82) is 0 Å². The summed E-state index contributed by atoms with van der Waals surface area (Å²) in [6, 6.07) is 0. The predicted octanol–water partition coefficient (Wildman–Crippen LogP) is 6.44. The average molecular weight is 359 g/mol. The zero-order chi connectivity index (χ0) is 19.3. The van der Waals surface area contributed by atoms with Gasteiger partial charge in [-0.1, -0.05) is 47.5 Å². The molecule has 0 bridgehead atoms. The molecule has 150 valence electrons. The van der Waals surface area contributed by atoms with Crippen LogP contribution in [0.1, 0.15) is 101 Å². The number of rotatable bonds is 10. The fraction of sp³-hybridized carbons (Fsp3) is 1.00. The Balaban J connectivity index is 2.93. The van der Waals surface area contributed by atoms with E-state index in [1.165, 1.54) is 0 Å². The van der Waals surface area contributed by atoms with Gasteiger partial charge in [0.15, 0.2) is 0 Å². The highest BCUT2D eigenvalue weighted by molar-refractivity contribution is 4.88. The lowest BCUT2D eigenvalue weighted by Gasteiger charge is -2.47. The van der Waals surface area contributed by atoms with Gasteiger partial charge in [-0.3, -0.25) is 0 Å². The lowest BCUT2D eigenvalue weighted by molar-refractivity contribution is -0.567. The molecule has 0 N–H and O–H groups in total. The molecule has 1 saturated carbocycles. The highest BCUT2D eigenvalue weighted by Gasteiger charge is 2.52. The number of hydrogen-bond acceptors (Lipinski definition) is 4. The molecule has 0 amide bonds. The highest BCUT2D eigenvalue weighted by atomic mass is 17.3. The molecule has 25 heavy (non-hydrogen) atoms. The summed E-state index contributed by atoms with van der Waals surface area (Å²) in [6.07, 6.45) is 6.05. The lowest BCUT2D eigenvalue weighted by Crippen LogP contribution is -2.54. The van der Waals surface area contributed by atoms with Gasteiger partial charge in [0.2, 0.25) is 5.79 Å². The summed E-state index contributed by atoms with van der Waals surface area (Å²) in [6.45, 7) is 19.2. The maximum Gasteiger partial charge on any atom is 0.239 e. The van der Waals surface area contributed by atoms with Gasteiger partial charge in [-0.15, -0.1) is 0 Å². The Bertz CT molecular complexity index is 355. The second kappa shape index (κ2) is 9.16. The summed E-state index contributed by atoms with van der Waals surface area (Å²) in [5.74, 6) is 0.183. The summed E-state index contributed by atoms with van der Waals surface area (Å²) in [5.41, 5.74) is -0.681. The van der Waals surface area contributed by atoms with Crippen molar-refractivity contribution in [3.05, 3.63) is 0 Å². The van der Waals surface area contributed by atoms with Gasteiger partial charge < -0.3 is 0 Å². The van der Waals surface area contributed by atoms with Gasteiger partial charge in [-0.2, -0.15) is 9.78 Å². The van der Waals surface area contributed by atoms with Crippen LogP contribution in [-0.2, 0) is 19.6 Å². The maximum absolute atomic E-state index is 6.09. The average Bonchev–Trinajstić information content (AvgIpc) is 2.45. The number of hydrogen-bond donors (Lipinski definition) is 0. The van der Waals surface area contributed by atoms with E-state index in [2.05, 4.69) is 62.3 Å². The molecule has 2 unspecified atom stereocenters. The van der Waals surface area contributed by atoms with Gasteiger partial charge in [-0.25, -0.2) is 9.78 Å². The fourth-order valence-corrected chi connectivity index (χ4v) is 4.10. The lowest BCUT2D eigenvalue weighted by atomic mass is 9.73. The molecule has 0 heterocycles. The molecule has 1 fully saturated rings. The van der Waals surface area contributed by atoms with Crippen LogP contribution in [0.5, 0.6) is 0 Å². The van der Waals surface area contributed by atoms with Crippen LogP contribution in [0.15, 0.2) is 0 Å². The molecule has 0 radical (unpaired) electrons. The molecule has 1 rings (SSSR count). The Hall–Kier alpha value is -0.160. The maximum atomic E-state index is 6.09. The van der Waals surface area contributed by atoms with Crippen molar-refractivity contribution in [2.24, 2.45) is 17.8 Å². The van der Waals surface area contributed by atoms with Crippen molar-refractivity contribution < 1.29 is 19.6 Å². The minimum Gasteiger partial charge on any atom is -0.228 e. The van der Waals surface area contributed by atoms with Crippen LogP contribution in [0.3, 0.4) is 0 Å². The Labute approximate surface area is 155 Å². The van der Waals surface area contributed by atoms with Gasteiger partial charge in [0, 0.05) is 11.8 Å². The molecule has 1 aliphatic carbocycles. The SMILES string of the molecule is CCCC(C)(C)OOC1(OOC(C)(C)CCC)C(C)CC(C)CC1C. The molecule has 0 aromatic heterocycles. The molecule has 0 spiro atoms. The van der Waals surface area contributed by atoms with Gasteiger partial charge >= 0.3 is 0 Å². The predicted molar refractivity (Wildman–Crippen MR) is 102 cm³/mol. The van der Waals surface area contributed by atoms with E-state index in [9.17, 15) is 0 Å². The molecular formula is C21H42O4. The largest absolute Gasteiger partial charge is 0.239 e. The first-order chi connectivity index (χ1) is 11.5. The van der Waals surface area contributed by atoms with Crippen molar-refractivity contribution in [1.82, 2.24) is 0 Å². The zero-order valence-electron chi connectivity index (χ0n) is 18.1. The van der Waals surface area contributed by atoms with Gasteiger partial charge in [0.25, 0.3) is 0 Å². The van der Waals surface area contributed by atoms with E-state index in [0.717, 1.165) is 38.5 Å². The Morgan fingerprint density at radius 2 is 1.12 bits per heavy atom. The second-order valence-electron chi connectivity index (χ2n) is 9.45. The summed E-state index contributed by atoms with van der Waals surface area (Å²) < 4.78 is 0. The van der Waals surface area contributed by atoms with Crippen molar-refractivity contribution in [2.75, 3.05) is 0 Å². The summed E-state index contributed by atoms with van der Waals surface area (Å²) in [4.78, 5) is 24.0. The Morgan fingerprint density at radius 1 is 0.760 bits per heavy atom. The summed E-state index contributed by atoms with van der Waals surface area (Å²) >= 11 is 0. The Kier molecular flexibility index (Phi) is 8.39. The second-order valence-corrected chi connectivity index (χ2v) is 9.45. The molecule has 0 aromatic carbocycles. The first kappa shape index (κ1) is 22.9. The monoisotopic (exact) mass is 358 g/mol. The third kappa shape index (κ3) is 6.50. The van der Waals surface area contributed by atoms with Crippen molar-refractivity contribution in [3.63, 3.8) is 0 Å². The standard InChI is InChI=1S/C21H42O4/c1-10-12-19(6,7)22-24-21(25-23-20(8,9)13-11-2)17(4)14-16(3)15-18(21)5/h16-18H,10-15H2,1-9H3. The minimum atomic E-state index is -0.859. The van der Waals surface area contributed by atoms with E-state index in [4.69, 9.17) is 19.6 Å². The van der Waals surface area contributed by atoms with E-state index >= 15 is 0 Å². The molecular weight excluding hydrogens is 316 g/mol. The molecule has 4 heteroatoms.